The number of carbonyl (C=O) groups excluding carboxylic acids is 2. The van der Waals surface area contributed by atoms with Gasteiger partial charge in [-0.05, 0) is 41.3 Å². The molecule has 2 aliphatic rings. The molecule has 1 aromatic heterocycles. The summed E-state index contributed by atoms with van der Waals surface area (Å²) in [6.45, 7) is 0. The largest absolute Gasteiger partial charge is 0.277 e. The van der Waals surface area contributed by atoms with Crippen molar-refractivity contribution < 1.29 is 9.59 Å². The van der Waals surface area contributed by atoms with Crippen LogP contribution in [0.4, 0.5) is 5.69 Å². The van der Waals surface area contributed by atoms with E-state index >= 15 is 0 Å². The molecule has 3 aromatic rings. The van der Waals surface area contributed by atoms with Crippen LogP contribution in [-0.2, 0) is 9.59 Å². The third-order valence-corrected chi connectivity index (χ3v) is 8.46. The van der Waals surface area contributed by atoms with Crippen LogP contribution in [0.25, 0.3) is 0 Å². The number of benzene rings is 2. The number of imide groups is 1. The molecule has 0 saturated carbocycles. The van der Waals surface area contributed by atoms with Crippen LogP contribution in [0.15, 0.2) is 75.6 Å². The molecular formula is C24H18BrClN4O2S2. The van der Waals surface area contributed by atoms with Crippen molar-refractivity contribution in [2.75, 3.05) is 4.90 Å². The number of amidine groups is 1. The Kier molecular flexibility index (Phi) is 6.61. The fraction of sp³-hybridized carbons (Fsp3) is 0.167. The SMILES string of the molecule is N=C(S[C@@H]1CC(=O)N(c2ccccc2Cl)C1=O)N1N=C(c2cccs2)C[C@H]1c1ccc(Br)cc1. The highest BCUT2D eigenvalue weighted by Crippen LogP contribution is 2.39. The number of para-hydroxylation sites is 1. The van der Waals surface area contributed by atoms with E-state index in [1.165, 1.54) is 0 Å². The number of nitrogens with one attached hydrogen (secondary N) is 1. The number of anilines is 1. The van der Waals surface area contributed by atoms with Gasteiger partial charge < -0.3 is 0 Å². The fourth-order valence-electron chi connectivity index (χ4n) is 4.00. The van der Waals surface area contributed by atoms with Gasteiger partial charge >= 0.3 is 0 Å². The van der Waals surface area contributed by atoms with E-state index in [0.717, 1.165) is 37.3 Å². The number of thioether (sulfide) groups is 1. The number of hydrazone groups is 1. The van der Waals surface area contributed by atoms with Crippen LogP contribution in [0.3, 0.4) is 0 Å². The van der Waals surface area contributed by atoms with Crippen molar-refractivity contribution in [3.05, 3.63) is 86.0 Å². The number of carbonyl (C=O) groups is 2. The predicted molar refractivity (Wildman–Crippen MR) is 142 cm³/mol. The lowest BCUT2D eigenvalue weighted by Gasteiger charge is -2.24. The van der Waals surface area contributed by atoms with Gasteiger partial charge in [-0.15, -0.1) is 11.3 Å². The Bertz CT molecular complexity index is 1300. The molecule has 2 atom stereocenters. The average molecular weight is 574 g/mol. The number of nitrogens with zero attached hydrogens (tertiary/aromatic N) is 3. The molecule has 2 amide bonds. The van der Waals surface area contributed by atoms with Gasteiger partial charge in [-0.25, -0.2) is 9.91 Å². The van der Waals surface area contributed by atoms with Gasteiger partial charge in [0.05, 0.1) is 27.3 Å². The van der Waals surface area contributed by atoms with Gasteiger partial charge in [0.2, 0.25) is 11.8 Å². The van der Waals surface area contributed by atoms with Gasteiger partial charge in [0.1, 0.15) is 5.25 Å². The van der Waals surface area contributed by atoms with E-state index in [1.807, 2.05) is 41.8 Å². The van der Waals surface area contributed by atoms with E-state index in [-0.39, 0.29) is 29.4 Å². The molecule has 0 bridgehead atoms. The first kappa shape index (κ1) is 23.3. The first-order valence-electron chi connectivity index (χ1n) is 10.4. The second-order valence-electron chi connectivity index (χ2n) is 7.77. The average Bonchev–Trinajstić information content (AvgIpc) is 3.55. The Morgan fingerprint density at radius 2 is 1.85 bits per heavy atom. The minimum absolute atomic E-state index is 0.00932. The van der Waals surface area contributed by atoms with Crippen molar-refractivity contribution in [3.8, 4) is 0 Å². The van der Waals surface area contributed by atoms with Crippen LogP contribution in [0.5, 0.6) is 0 Å². The van der Waals surface area contributed by atoms with Crippen molar-refractivity contribution in [3.63, 3.8) is 0 Å². The quantitative estimate of drug-likeness (QED) is 0.225. The molecule has 10 heteroatoms. The lowest BCUT2D eigenvalue weighted by molar-refractivity contribution is -0.121. The van der Waals surface area contributed by atoms with E-state index < -0.39 is 5.25 Å². The minimum Gasteiger partial charge on any atom is -0.277 e. The molecule has 5 rings (SSSR count). The van der Waals surface area contributed by atoms with Crippen LogP contribution in [0.2, 0.25) is 5.02 Å². The monoisotopic (exact) mass is 572 g/mol. The van der Waals surface area contributed by atoms with Gasteiger partial charge in [-0.2, -0.15) is 5.10 Å². The summed E-state index contributed by atoms with van der Waals surface area (Å²) >= 11 is 12.4. The molecule has 1 saturated heterocycles. The molecule has 0 aliphatic carbocycles. The minimum atomic E-state index is -0.706. The highest BCUT2D eigenvalue weighted by atomic mass is 79.9. The summed E-state index contributed by atoms with van der Waals surface area (Å²) < 4.78 is 0.972. The number of rotatable bonds is 4. The summed E-state index contributed by atoms with van der Waals surface area (Å²) in [5.41, 5.74) is 2.30. The zero-order valence-corrected chi connectivity index (χ0v) is 21.6. The van der Waals surface area contributed by atoms with Crippen molar-refractivity contribution in [1.82, 2.24) is 5.01 Å². The molecule has 34 heavy (non-hydrogen) atoms. The van der Waals surface area contributed by atoms with Crippen molar-refractivity contribution in [1.29, 1.82) is 5.41 Å². The Hall–Kier alpha value is -2.46. The smallest absolute Gasteiger partial charge is 0.247 e. The van der Waals surface area contributed by atoms with E-state index in [1.54, 1.807) is 40.6 Å². The van der Waals surface area contributed by atoms with Crippen molar-refractivity contribution in [2.45, 2.75) is 24.1 Å². The lowest BCUT2D eigenvalue weighted by atomic mass is 10.0. The molecule has 0 unspecified atom stereocenters. The molecular weight excluding hydrogens is 556 g/mol. The van der Waals surface area contributed by atoms with E-state index in [0.29, 0.717) is 17.1 Å². The second-order valence-corrected chi connectivity index (χ2v) is 11.2. The summed E-state index contributed by atoms with van der Waals surface area (Å²) in [6, 6.07) is 18.6. The third-order valence-electron chi connectivity index (χ3n) is 5.63. The van der Waals surface area contributed by atoms with E-state index in [2.05, 4.69) is 15.9 Å². The van der Waals surface area contributed by atoms with E-state index in [9.17, 15) is 9.59 Å². The normalized spacial score (nSPS) is 20.2. The lowest BCUT2D eigenvalue weighted by Crippen LogP contribution is -2.32. The highest BCUT2D eigenvalue weighted by Gasteiger charge is 2.43. The second kappa shape index (κ2) is 9.65. The predicted octanol–water partition coefficient (Wildman–Crippen LogP) is 6.32. The highest BCUT2D eigenvalue weighted by molar-refractivity contribution is 9.10. The van der Waals surface area contributed by atoms with Crippen LogP contribution >= 0.6 is 50.6 Å². The topological polar surface area (TPSA) is 76.8 Å². The Labute approximate surface area is 218 Å². The van der Waals surface area contributed by atoms with Crippen LogP contribution in [-0.4, -0.2) is 33.0 Å². The van der Waals surface area contributed by atoms with Crippen LogP contribution in [0, 0.1) is 5.41 Å². The number of hydrogen-bond acceptors (Lipinski definition) is 6. The first-order chi connectivity index (χ1) is 16.4. The molecule has 172 valence electrons. The standard InChI is InChI=1S/C24H18BrClN4O2S2/c25-15-9-7-14(8-10-15)19-12-17(20-6-3-11-33-20)28-30(19)24(27)34-21-13-22(31)29(23(21)32)18-5-2-1-4-16(18)26/h1-11,19,21,27H,12-13H2/t19-,21+/m0/s1. The molecule has 1 N–H and O–H groups in total. The van der Waals surface area contributed by atoms with Gasteiger partial charge in [0.15, 0.2) is 5.17 Å². The molecule has 0 radical (unpaired) electrons. The van der Waals surface area contributed by atoms with Gasteiger partial charge in [0.25, 0.3) is 0 Å². The number of halogens is 2. The zero-order valence-electron chi connectivity index (χ0n) is 17.7. The molecule has 3 heterocycles. The summed E-state index contributed by atoms with van der Waals surface area (Å²) in [6.07, 6.45) is 0.657. The Balaban J connectivity index is 1.39. The van der Waals surface area contributed by atoms with E-state index in [4.69, 9.17) is 22.1 Å². The molecule has 6 nitrogen and oxygen atoms in total. The first-order valence-corrected chi connectivity index (χ1v) is 13.4. The Morgan fingerprint density at radius 1 is 1.09 bits per heavy atom. The van der Waals surface area contributed by atoms with Crippen molar-refractivity contribution >= 4 is 79.0 Å². The molecule has 1 fully saturated rings. The summed E-state index contributed by atoms with van der Waals surface area (Å²) in [5.74, 6) is -0.688. The maximum atomic E-state index is 13.1. The number of thiophene rings is 1. The summed E-state index contributed by atoms with van der Waals surface area (Å²) in [5, 5.41) is 17.0. The van der Waals surface area contributed by atoms with Crippen molar-refractivity contribution in [2.24, 2.45) is 5.10 Å². The molecule has 2 aromatic carbocycles. The van der Waals surface area contributed by atoms with Gasteiger partial charge in [-0.3, -0.25) is 15.0 Å². The number of amides is 2. The van der Waals surface area contributed by atoms with Gasteiger partial charge in [0, 0.05) is 17.3 Å². The third kappa shape index (κ3) is 4.45. The van der Waals surface area contributed by atoms with Crippen LogP contribution < -0.4 is 4.90 Å². The zero-order chi connectivity index (χ0) is 23.8. The maximum Gasteiger partial charge on any atom is 0.247 e. The van der Waals surface area contributed by atoms with Crippen LogP contribution in [0.1, 0.15) is 29.3 Å². The maximum absolute atomic E-state index is 13.1. The number of hydrogen-bond donors (Lipinski definition) is 1. The Morgan fingerprint density at radius 3 is 2.56 bits per heavy atom. The summed E-state index contributed by atoms with van der Waals surface area (Å²) in [4.78, 5) is 28.0. The molecule has 2 aliphatic heterocycles. The fourth-order valence-corrected chi connectivity index (χ4v) is 6.19. The van der Waals surface area contributed by atoms with Gasteiger partial charge in [-0.1, -0.05) is 69.6 Å². The summed E-state index contributed by atoms with van der Waals surface area (Å²) in [7, 11) is 0. The molecule has 0 spiro atoms.